The summed E-state index contributed by atoms with van der Waals surface area (Å²) in [6.07, 6.45) is -2.58. The second-order valence-corrected chi connectivity index (χ2v) is 6.85. The van der Waals surface area contributed by atoms with Crippen LogP contribution in [0.2, 0.25) is 0 Å². The summed E-state index contributed by atoms with van der Waals surface area (Å²) in [7, 11) is 1.56. The lowest BCUT2D eigenvalue weighted by Gasteiger charge is -2.32. The number of alkyl halides is 3. The van der Waals surface area contributed by atoms with Crippen LogP contribution in [-0.2, 0) is 11.2 Å². The summed E-state index contributed by atoms with van der Waals surface area (Å²) < 4.78 is 50.8. The third-order valence-corrected chi connectivity index (χ3v) is 4.61. The van der Waals surface area contributed by atoms with Gasteiger partial charge in [0.25, 0.3) is 0 Å². The first-order valence-electron chi connectivity index (χ1n) is 9.35. The molecule has 1 aromatic carbocycles. The number of hydrogen-bond donors (Lipinski definition) is 4. The number of carboxylic acid groups (broad SMARTS) is 1. The van der Waals surface area contributed by atoms with Crippen LogP contribution in [0.3, 0.4) is 0 Å². The Hall–Kier alpha value is -2.72. The molecule has 0 saturated heterocycles. The van der Waals surface area contributed by atoms with Crippen LogP contribution in [0.5, 0.6) is 5.75 Å². The number of carbonyl (C=O) groups is 1. The van der Waals surface area contributed by atoms with Crippen molar-refractivity contribution in [1.29, 1.82) is 0 Å². The van der Waals surface area contributed by atoms with E-state index in [4.69, 9.17) is 14.6 Å². The largest absolute Gasteiger partial charge is 0.497 e. The lowest BCUT2D eigenvalue weighted by molar-refractivity contribution is -0.267. The fraction of sp³-hybridized carbons (Fsp3) is 0.450. The summed E-state index contributed by atoms with van der Waals surface area (Å²) in [5.74, 6) is -0.446. The van der Waals surface area contributed by atoms with Gasteiger partial charge in [-0.1, -0.05) is 12.1 Å². The molecule has 0 radical (unpaired) electrons. The first-order valence-corrected chi connectivity index (χ1v) is 9.35. The van der Waals surface area contributed by atoms with E-state index in [1.54, 1.807) is 19.2 Å². The Balaban J connectivity index is 1.81. The quantitative estimate of drug-likeness (QED) is 0.387. The zero-order valence-corrected chi connectivity index (χ0v) is 16.8. The molecule has 0 fully saturated rings. The third-order valence-electron chi connectivity index (χ3n) is 4.61. The molecule has 0 aliphatic carbocycles. The van der Waals surface area contributed by atoms with Gasteiger partial charge in [0.1, 0.15) is 11.4 Å². The van der Waals surface area contributed by atoms with Gasteiger partial charge >= 0.3 is 12.1 Å². The van der Waals surface area contributed by atoms with Gasteiger partial charge in [0.15, 0.2) is 5.60 Å². The maximum atomic E-state index is 13.5. The first-order chi connectivity index (χ1) is 14.2. The first kappa shape index (κ1) is 23.6. The lowest BCUT2D eigenvalue weighted by atomic mass is 10.1. The molecule has 0 bridgehead atoms. The number of aromatic carboxylic acids is 1. The SMILES string of the molecule is COc1ccc(CCNCC(C)(OCCNc2cc[nH]c2C(=O)O)C(F)(F)F)cc1. The van der Waals surface area contributed by atoms with Crippen molar-refractivity contribution in [2.45, 2.75) is 25.1 Å². The van der Waals surface area contributed by atoms with Crippen molar-refractivity contribution in [1.82, 2.24) is 10.3 Å². The molecule has 2 rings (SSSR count). The van der Waals surface area contributed by atoms with Crippen LogP contribution in [0.1, 0.15) is 23.0 Å². The van der Waals surface area contributed by atoms with E-state index in [1.165, 1.54) is 12.3 Å². The van der Waals surface area contributed by atoms with Gasteiger partial charge in [-0.15, -0.1) is 0 Å². The molecular formula is C20H26F3N3O4. The highest BCUT2D eigenvalue weighted by Gasteiger charge is 2.52. The minimum absolute atomic E-state index is 0.0235. The Bertz CT molecular complexity index is 808. The zero-order chi connectivity index (χ0) is 22.2. The number of anilines is 1. The number of nitrogens with one attached hydrogen (secondary N) is 3. The van der Waals surface area contributed by atoms with E-state index in [0.29, 0.717) is 18.7 Å². The third kappa shape index (κ3) is 6.39. The molecule has 166 valence electrons. The Morgan fingerprint density at radius 2 is 1.87 bits per heavy atom. The molecule has 1 unspecified atom stereocenters. The summed E-state index contributed by atoms with van der Waals surface area (Å²) in [6.45, 7) is 0.713. The van der Waals surface area contributed by atoms with Crippen molar-refractivity contribution < 1.29 is 32.5 Å². The molecule has 0 aliphatic rings. The van der Waals surface area contributed by atoms with Crippen molar-refractivity contribution in [3.8, 4) is 5.75 Å². The molecular weight excluding hydrogens is 403 g/mol. The highest BCUT2D eigenvalue weighted by Crippen LogP contribution is 2.33. The Morgan fingerprint density at radius 3 is 2.47 bits per heavy atom. The molecule has 1 atom stereocenters. The van der Waals surface area contributed by atoms with Gasteiger partial charge in [0.2, 0.25) is 0 Å². The van der Waals surface area contributed by atoms with Crippen LogP contribution >= 0.6 is 0 Å². The Labute approximate surface area is 172 Å². The van der Waals surface area contributed by atoms with Crippen LogP contribution in [0.25, 0.3) is 0 Å². The number of H-pyrrole nitrogens is 1. The number of halogens is 3. The van der Waals surface area contributed by atoms with E-state index in [-0.39, 0.29) is 24.5 Å². The van der Waals surface area contributed by atoms with Gasteiger partial charge in [0, 0.05) is 19.3 Å². The van der Waals surface area contributed by atoms with Crippen molar-refractivity contribution >= 4 is 11.7 Å². The number of carboxylic acids is 1. The number of aromatic amines is 1. The van der Waals surface area contributed by atoms with Crippen LogP contribution in [0, 0.1) is 0 Å². The van der Waals surface area contributed by atoms with Gasteiger partial charge in [-0.2, -0.15) is 13.2 Å². The minimum atomic E-state index is -4.57. The van der Waals surface area contributed by atoms with Gasteiger partial charge < -0.3 is 30.2 Å². The normalized spacial score (nSPS) is 13.6. The second kappa shape index (κ2) is 10.4. The molecule has 1 aromatic heterocycles. The van der Waals surface area contributed by atoms with Crippen LogP contribution < -0.4 is 15.4 Å². The molecule has 0 aliphatic heterocycles. The van der Waals surface area contributed by atoms with Crippen LogP contribution in [0.4, 0.5) is 18.9 Å². The van der Waals surface area contributed by atoms with Gasteiger partial charge in [-0.05, 0) is 43.7 Å². The summed E-state index contributed by atoms with van der Waals surface area (Å²) in [5.41, 5.74) is -1.17. The molecule has 1 heterocycles. The molecule has 30 heavy (non-hydrogen) atoms. The monoisotopic (exact) mass is 429 g/mol. The summed E-state index contributed by atoms with van der Waals surface area (Å²) in [4.78, 5) is 13.6. The van der Waals surface area contributed by atoms with Gasteiger partial charge in [-0.25, -0.2) is 4.79 Å². The van der Waals surface area contributed by atoms with E-state index in [9.17, 15) is 18.0 Å². The second-order valence-electron chi connectivity index (χ2n) is 6.85. The lowest BCUT2D eigenvalue weighted by Crippen LogP contribution is -2.53. The highest BCUT2D eigenvalue weighted by molar-refractivity contribution is 5.92. The maximum absolute atomic E-state index is 13.5. The van der Waals surface area contributed by atoms with E-state index in [2.05, 4.69) is 15.6 Å². The molecule has 0 amide bonds. The highest BCUT2D eigenvalue weighted by atomic mass is 19.4. The number of ether oxygens (including phenoxy) is 2. The van der Waals surface area contributed by atoms with Crippen LogP contribution in [-0.4, -0.2) is 61.2 Å². The fourth-order valence-corrected chi connectivity index (χ4v) is 2.74. The van der Waals surface area contributed by atoms with Gasteiger partial charge in [-0.3, -0.25) is 0 Å². The topological polar surface area (TPSA) is 95.6 Å². The zero-order valence-electron chi connectivity index (χ0n) is 16.8. The number of hydrogen-bond acceptors (Lipinski definition) is 5. The molecule has 7 nitrogen and oxygen atoms in total. The van der Waals surface area contributed by atoms with E-state index in [1.807, 2.05) is 12.1 Å². The van der Waals surface area contributed by atoms with Crippen molar-refractivity contribution in [3.63, 3.8) is 0 Å². The molecule has 0 saturated carbocycles. The molecule has 4 N–H and O–H groups in total. The predicted octanol–water partition coefficient (Wildman–Crippen LogP) is 3.30. The number of benzene rings is 1. The summed E-state index contributed by atoms with van der Waals surface area (Å²) in [5, 5.41) is 14.6. The van der Waals surface area contributed by atoms with E-state index >= 15 is 0 Å². The number of aromatic nitrogens is 1. The minimum Gasteiger partial charge on any atom is -0.497 e. The summed E-state index contributed by atoms with van der Waals surface area (Å²) in [6, 6.07) is 8.81. The van der Waals surface area contributed by atoms with Gasteiger partial charge in [0.05, 0.1) is 19.4 Å². The van der Waals surface area contributed by atoms with Crippen molar-refractivity contribution in [2.24, 2.45) is 0 Å². The molecule has 2 aromatic rings. The molecule has 10 heteroatoms. The smallest absolute Gasteiger partial charge is 0.418 e. The Morgan fingerprint density at radius 1 is 1.17 bits per heavy atom. The maximum Gasteiger partial charge on any atom is 0.418 e. The van der Waals surface area contributed by atoms with E-state index < -0.39 is 24.3 Å². The summed E-state index contributed by atoms with van der Waals surface area (Å²) >= 11 is 0. The van der Waals surface area contributed by atoms with E-state index in [0.717, 1.165) is 12.5 Å². The number of rotatable bonds is 12. The van der Waals surface area contributed by atoms with Crippen molar-refractivity contribution in [2.75, 3.05) is 38.7 Å². The standard InChI is InChI=1S/C20H26F3N3O4/c1-19(20(21,22)23,13-24-9-7-14-3-5-15(29-2)6-4-14)30-12-11-25-16-8-10-26-17(16)18(27)28/h3-6,8,10,24-26H,7,9,11-13H2,1-2H3,(H,27,28). The van der Waals surface area contributed by atoms with Crippen molar-refractivity contribution in [3.05, 3.63) is 47.8 Å². The number of methoxy groups -OCH3 is 1. The van der Waals surface area contributed by atoms with Crippen LogP contribution in [0.15, 0.2) is 36.5 Å². The predicted molar refractivity (Wildman–Crippen MR) is 106 cm³/mol. The fourth-order valence-electron chi connectivity index (χ4n) is 2.74. The Kier molecular flexibility index (Phi) is 8.13. The molecule has 0 spiro atoms. The average molecular weight is 429 g/mol. The average Bonchev–Trinajstić information content (AvgIpc) is 3.17.